The van der Waals surface area contributed by atoms with Crippen molar-refractivity contribution in [2.24, 2.45) is 0 Å². The number of H-pyrrole nitrogens is 2. The molecule has 2 aromatic heterocycles. The first-order chi connectivity index (χ1) is 10.1. The van der Waals surface area contributed by atoms with E-state index in [4.69, 9.17) is 4.74 Å². The predicted octanol–water partition coefficient (Wildman–Crippen LogP) is 0.620. The number of rotatable bonds is 2. The van der Waals surface area contributed by atoms with Gasteiger partial charge < -0.3 is 19.6 Å². The highest BCUT2D eigenvalue weighted by molar-refractivity contribution is 5.92. The number of aryl methyl sites for hydroxylation is 1. The van der Waals surface area contributed by atoms with Gasteiger partial charge >= 0.3 is 0 Å². The summed E-state index contributed by atoms with van der Waals surface area (Å²) in [6, 6.07) is 4.27. The molecular formula is C14H16N4O3. The van der Waals surface area contributed by atoms with E-state index in [0.29, 0.717) is 25.6 Å². The third-order valence-electron chi connectivity index (χ3n) is 3.43. The van der Waals surface area contributed by atoms with Crippen LogP contribution < -0.4 is 5.56 Å². The summed E-state index contributed by atoms with van der Waals surface area (Å²) < 4.78 is 5.46. The summed E-state index contributed by atoms with van der Waals surface area (Å²) in [6.45, 7) is 3.22. The Kier molecular flexibility index (Phi) is 3.57. The largest absolute Gasteiger partial charge is 0.377 e. The number of amides is 1. The highest BCUT2D eigenvalue weighted by Crippen LogP contribution is 2.23. The number of imidazole rings is 1. The topological polar surface area (TPSA) is 91.1 Å². The van der Waals surface area contributed by atoms with Gasteiger partial charge in [-0.3, -0.25) is 9.59 Å². The molecule has 3 rings (SSSR count). The van der Waals surface area contributed by atoms with Crippen molar-refractivity contribution in [2.75, 3.05) is 19.8 Å². The van der Waals surface area contributed by atoms with Gasteiger partial charge in [-0.25, -0.2) is 4.98 Å². The van der Waals surface area contributed by atoms with Gasteiger partial charge in [-0.15, -0.1) is 0 Å². The maximum atomic E-state index is 12.6. The Bertz CT molecular complexity index is 706. The van der Waals surface area contributed by atoms with Crippen LogP contribution in [-0.4, -0.2) is 45.5 Å². The van der Waals surface area contributed by atoms with E-state index in [-0.39, 0.29) is 23.2 Å². The summed E-state index contributed by atoms with van der Waals surface area (Å²) in [5.41, 5.74) is 0.910. The number of ether oxygens (including phenoxy) is 1. The van der Waals surface area contributed by atoms with Gasteiger partial charge in [0.2, 0.25) is 5.56 Å². The summed E-state index contributed by atoms with van der Waals surface area (Å²) in [5, 5.41) is 0. The van der Waals surface area contributed by atoms with Gasteiger partial charge in [0.25, 0.3) is 5.91 Å². The second-order valence-corrected chi connectivity index (χ2v) is 4.97. The van der Waals surface area contributed by atoms with Gasteiger partial charge in [0.15, 0.2) is 0 Å². The average Bonchev–Trinajstić information content (AvgIpc) is 2.93. The molecule has 7 nitrogen and oxygen atoms in total. The number of nitrogens with zero attached hydrogens (tertiary/aromatic N) is 2. The molecule has 0 saturated carbocycles. The van der Waals surface area contributed by atoms with Crippen molar-refractivity contribution in [2.45, 2.75) is 13.0 Å². The lowest BCUT2D eigenvalue weighted by atomic mass is 10.2. The number of pyridine rings is 1. The molecule has 1 saturated heterocycles. The van der Waals surface area contributed by atoms with E-state index in [9.17, 15) is 9.59 Å². The van der Waals surface area contributed by atoms with Crippen molar-refractivity contribution in [3.63, 3.8) is 0 Å². The van der Waals surface area contributed by atoms with E-state index >= 15 is 0 Å². The van der Waals surface area contributed by atoms with E-state index < -0.39 is 0 Å². The summed E-state index contributed by atoms with van der Waals surface area (Å²) in [5.74, 6) is 0.467. The maximum absolute atomic E-state index is 12.6. The summed E-state index contributed by atoms with van der Waals surface area (Å²) in [7, 11) is 0. The Morgan fingerprint density at radius 1 is 1.43 bits per heavy atom. The Hall–Kier alpha value is -2.41. The van der Waals surface area contributed by atoms with Crippen LogP contribution in [0.2, 0.25) is 0 Å². The van der Waals surface area contributed by atoms with Gasteiger partial charge in [0, 0.05) is 24.5 Å². The van der Waals surface area contributed by atoms with Crippen LogP contribution in [0.25, 0.3) is 0 Å². The number of nitrogens with one attached hydrogen (secondary N) is 2. The van der Waals surface area contributed by atoms with E-state index in [0.717, 1.165) is 5.69 Å². The molecule has 3 heterocycles. The number of morpholine rings is 1. The first-order valence-corrected chi connectivity index (χ1v) is 6.75. The van der Waals surface area contributed by atoms with Crippen LogP contribution in [0.5, 0.6) is 0 Å². The Morgan fingerprint density at radius 3 is 3.00 bits per heavy atom. The molecule has 1 fully saturated rings. The molecule has 1 atom stereocenters. The molecule has 7 heteroatoms. The van der Waals surface area contributed by atoms with Crippen molar-refractivity contribution in [3.8, 4) is 0 Å². The SMILES string of the molecule is Cc1cnc(C2COCCN2C(=O)c2cccc(=O)[nH]2)[nH]1. The zero-order chi connectivity index (χ0) is 14.8. The smallest absolute Gasteiger partial charge is 0.271 e. The number of aromatic nitrogens is 3. The number of carbonyl (C=O) groups is 1. The lowest BCUT2D eigenvalue weighted by Gasteiger charge is -2.34. The minimum Gasteiger partial charge on any atom is -0.377 e. The van der Waals surface area contributed by atoms with E-state index in [1.54, 1.807) is 23.2 Å². The van der Waals surface area contributed by atoms with Crippen molar-refractivity contribution in [1.29, 1.82) is 0 Å². The zero-order valence-electron chi connectivity index (χ0n) is 11.6. The normalized spacial score (nSPS) is 18.7. The Morgan fingerprint density at radius 2 is 2.29 bits per heavy atom. The van der Waals surface area contributed by atoms with Gasteiger partial charge in [-0.05, 0) is 13.0 Å². The Balaban J connectivity index is 1.90. The molecule has 21 heavy (non-hydrogen) atoms. The first-order valence-electron chi connectivity index (χ1n) is 6.75. The third-order valence-corrected chi connectivity index (χ3v) is 3.43. The maximum Gasteiger partial charge on any atom is 0.271 e. The van der Waals surface area contributed by atoms with Crippen LogP contribution in [0, 0.1) is 6.92 Å². The first kappa shape index (κ1) is 13.6. The van der Waals surface area contributed by atoms with Crippen LogP contribution in [0.1, 0.15) is 28.0 Å². The van der Waals surface area contributed by atoms with Crippen LogP contribution in [0.4, 0.5) is 0 Å². The van der Waals surface area contributed by atoms with Gasteiger partial charge in [-0.2, -0.15) is 0 Å². The van der Waals surface area contributed by atoms with E-state index in [2.05, 4.69) is 15.0 Å². The fourth-order valence-corrected chi connectivity index (χ4v) is 2.40. The summed E-state index contributed by atoms with van der Waals surface area (Å²) >= 11 is 0. The van der Waals surface area contributed by atoms with Crippen molar-refractivity contribution < 1.29 is 9.53 Å². The molecule has 1 aliphatic heterocycles. The number of hydrogen-bond acceptors (Lipinski definition) is 4. The fourth-order valence-electron chi connectivity index (χ4n) is 2.40. The molecule has 1 unspecified atom stereocenters. The van der Waals surface area contributed by atoms with Crippen LogP contribution in [0.3, 0.4) is 0 Å². The highest BCUT2D eigenvalue weighted by Gasteiger charge is 2.31. The average molecular weight is 288 g/mol. The van der Waals surface area contributed by atoms with E-state index in [1.807, 2.05) is 6.92 Å². The molecule has 0 aliphatic carbocycles. The summed E-state index contributed by atoms with van der Waals surface area (Å²) in [6.07, 6.45) is 1.72. The molecule has 110 valence electrons. The van der Waals surface area contributed by atoms with Crippen molar-refractivity contribution in [1.82, 2.24) is 19.9 Å². The molecule has 0 radical (unpaired) electrons. The number of aromatic amines is 2. The second-order valence-electron chi connectivity index (χ2n) is 4.97. The highest BCUT2D eigenvalue weighted by atomic mass is 16.5. The summed E-state index contributed by atoms with van der Waals surface area (Å²) in [4.78, 5) is 35.6. The lowest BCUT2D eigenvalue weighted by molar-refractivity contribution is -0.00532. The molecule has 1 aliphatic rings. The monoisotopic (exact) mass is 288 g/mol. The zero-order valence-corrected chi connectivity index (χ0v) is 11.6. The van der Waals surface area contributed by atoms with E-state index in [1.165, 1.54) is 6.07 Å². The third kappa shape index (κ3) is 2.73. The number of hydrogen-bond donors (Lipinski definition) is 2. The molecule has 0 bridgehead atoms. The molecule has 1 amide bonds. The van der Waals surface area contributed by atoms with Gasteiger partial charge in [-0.1, -0.05) is 6.07 Å². The Labute approximate surface area is 121 Å². The molecule has 0 aromatic carbocycles. The van der Waals surface area contributed by atoms with Crippen molar-refractivity contribution in [3.05, 3.63) is 52.0 Å². The van der Waals surface area contributed by atoms with Gasteiger partial charge in [0.1, 0.15) is 17.6 Å². The molecule has 2 aromatic rings. The van der Waals surface area contributed by atoms with Crippen LogP contribution in [0.15, 0.2) is 29.2 Å². The number of carbonyl (C=O) groups excluding carboxylic acids is 1. The minimum atomic E-state index is -0.292. The molecule has 2 N–H and O–H groups in total. The van der Waals surface area contributed by atoms with Crippen LogP contribution >= 0.6 is 0 Å². The van der Waals surface area contributed by atoms with Gasteiger partial charge in [0.05, 0.1) is 13.2 Å². The second kappa shape index (κ2) is 5.53. The standard InChI is InChI=1S/C14H16N4O3/c1-9-7-15-13(16-9)11-8-21-6-5-18(11)14(20)10-3-2-4-12(19)17-10/h2-4,7,11H,5-6,8H2,1H3,(H,15,16)(H,17,19). The molecular weight excluding hydrogens is 272 g/mol. The minimum absolute atomic E-state index is 0.227. The van der Waals surface area contributed by atoms with Crippen LogP contribution in [-0.2, 0) is 4.74 Å². The quantitative estimate of drug-likeness (QED) is 0.847. The predicted molar refractivity (Wildman–Crippen MR) is 75.0 cm³/mol. The molecule has 0 spiro atoms. The fraction of sp³-hybridized carbons (Fsp3) is 0.357. The van der Waals surface area contributed by atoms with Crippen molar-refractivity contribution >= 4 is 5.91 Å². The lowest BCUT2D eigenvalue weighted by Crippen LogP contribution is -2.44.